The second kappa shape index (κ2) is 7.43. The van der Waals surface area contributed by atoms with Gasteiger partial charge in [0.2, 0.25) is 5.91 Å². The molecule has 0 unspecified atom stereocenters. The fourth-order valence-electron chi connectivity index (χ4n) is 4.68. The number of benzene rings is 2. The maximum Gasteiger partial charge on any atom is 0.225 e. The first-order valence-electron chi connectivity index (χ1n) is 10.7. The minimum Gasteiger partial charge on any atom is -0.354 e. The molecule has 2 aliphatic heterocycles. The molecule has 3 aromatic rings. The van der Waals surface area contributed by atoms with Gasteiger partial charge in [0.05, 0.1) is 5.39 Å². The molecule has 3 heterocycles. The van der Waals surface area contributed by atoms with E-state index in [9.17, 15) is 4.79 Å². The summed E-state index contributed by atoms with van der Waals surface area (Å²) in [5.74, 6) is 1.07. The van der Waals surface area contributed by atoms with E-state index in [2.05, 4.69) is 58.4 Å². The SMILES string of the molecule is CC1(C)CC(=O)Nc2ccc(CCN3CCN(c4noc5ccccc45)CC3)cc21. The van der Waals surface area contributed by atoms with Crippen molar-refractivity contribution in [3.63, 3.8) is 0 Å². The van der Waals surface area contributed by atoms with Gasteiger partial charge in [0, 0.05) is 50.2 Å². The Morgan fingerprint density at radius 3 is 2.73 bits per heavy atom. The topological polar surface area (TPSA) is 61.6 Å². The molecule has 1 fully saturated rings. The van der Waals surface area contributed by atoms with Gasteiger partial charge in [-0.2, -0.15) is 0 Å². The number of fused-ring (bicyclic) bond motifs is 2. The van der Waals surface area contributed by atoms with Crippen LogP contribution >= 0.6 is 0 Å². The van der Waals surface area contributed by atoms with Crippen molar-refractivity contribution in [2.24, 2.45) is 0 Å². The molecule has 2 aromatic carbocycles. The van der Waals surface area contributed by atoms with E-state index in [0.717, 1.165) is 61.6 Å². The molecule has 0 bridgehead atoms. The molecule has 156 valence electrons. The number of carbonyl (C=O) groups excluding carboxylic acids is 1. The summed E-state index contributed by atoms with van der Waals surface area (Å²) in [4.78, 5) is 16.8. The number of nitrogens with one attached hydrogen (secondary N) is 1. The van der Waals surface area contributed by atoms with E-state index in [0.29, 0.717) is 6.42 Å². The molecule has 0 aliphatic carbocycles. The zero-order chi connectivity index (χ0) is 20.7. The lowest BCUT2D eigenvalue weighted by atomic mass is 9.77. The number of piperazine rings is 1. The van der Waals surface area contributed by atoms with Crippen LogP contribution in [0.5, 0.6) is 0 Å². The summed E-state index contributed by atoms with van der Waals surface area (Å²) in [6.07, 6.45) is 1.56. The normalized spacial score (nSPS) is 19.0. The fourth-order valence-corrected chi connectivity index (χ4v) is 4.68. The Balaban J connectivity index is 1.20. The van der Waals surface area contributed by atoms with Gasteiger partial charge in [-0.1, -0.05) is 43.3 Å². The maximum absolute atomic E-state index is 11.9. The second-order valence-corrected chi connectivity index (χ2v) is 9.07. The number of hydrogen-bond donors (Lipinski definition) is 1. The number of anilines is 2. The minimum atomic E-state index is -0.111. The summed E-state index contributed by atoms with van der Waals surface area (Å²) in [5, 5.41) is 8.40. The molecule has 0 atom stereocenters. The average molecular weight is 405 g/mol. The third-order valence-corrected chi connectivity index (χ3v) is 6.44. The van der Waals surface area contributed by atoms with Crippen LogP contribution in [0.25, 0.3) is 11.0 Å². The lowest BCUT2D eigenvalue weighted by Crippen LogP contribution is -2.47. The van der Waals surface area contributed by atoms with E-state index in [1.807, 2.05) is 18.2 Å². The molecular formula is C24H28N4O2. The van der Waals surface area contributed by atoms with Crippen molar-refractivity contribution in [1.29, 1.82) is 0 Å². The molecule has 1 N–H and O–H groups in total. The molecule has 6 nitrogen and oxygen atoms in total. The second-order valence-electron chi connectivity index (χ2n) is 9.07. The molecule has 5 rings (SSSR count). The highest BCUT2D eigenvalue weighted by Gasteiger charge is 2.32. The van der Waals surface area contributed by atoms with Gasteiger partial charge in [-0.15, -0.1) is 0 Å². The Bertz CT molecular complexity index is 1080. The third-order valence-electron chi connectivity index (χ3n) is 6.44. The highest BCUT2D eigenvalue weighted by molar-refractivity contribution is 5.95. The molecule has 1 amide bonds. The van der Waals surface area contributed by atoms with Crippen molar-refractivity contribution in [1.82, 2.24) is 10.1 Å². The first-order chi connectivity index (χ1) is 14.5. The lowest BCUT2D eigenvalue weighted by Gasteiger charge is -2.35. The van der Waals surface area contributed by atoms with Gasteiger partial charge in [-0.05, 0) is 35.7 Å². The number of rotatable bonds is 4. The summed E-state index contributed by atoms with van der Waals surface area (Å²) in [5.41, 5.74) is 4.29. The first-order valence-corrected chi connectivity index (χ1v) is 10.7. The molecule has 1 saturated heterocycles. The van der Waals surface area contributed by atoms with Crippen molar-refractivity contribution in [3.05, 3.63) is 53.6 Å². The number of aromatic nitrogens is 1. The fraction of sp³-hybridized carbons (Fsp3) is 0.417. The van der Waals surface area contributed by atoms with E-state index >= 15 is 0 Å². The first kappa shape index (κ1) is 19.1. The molecule has 30 heavy (non-hydrogen) atoms. The predicted molar refractivity (Wildman–Crippen MR) is 119 cm³/mol. The molecular weight excluding hydrogens is 376 g/mol. The Morgan fingerprint density at radius 1 is 1.10 bits per heavy atom. The quantitative estimate of drug-likeness (QED) is 0.716. The van der Waals surface area contributed by atoms with E-state index < -0.39 is 0 Å². The number of amides is 1. The van der Waals surface area contributed by atoms with Crippen molar-refractivity contribution < 1.29 is 9.32 Å². The van der Waals surface area contributed by atoms with Crippen molar-refractivity contribution in [3.8, 4) is 0 Å². The summed E-state index contributed by atoms with van der Waals surface area (Å²) in [6, 6.07) is 14.6. The number of para-hydroxylation sites is 1. The van der Waals surface area contributed by atoms with Crippen LogP contribution in [-0.4, -0.2) is 48.7 Å². The van der Waals surface area contributed by atoms with Gasteiger partial charge in [-0.3, -0.25) is 9.69 Å². The van der Waals surface area contributed by atoms with Crippen LogP contribution < -0.4 is 10.2 Å². The van der Waals surface area contributed by atoms with Crippen LogP contribution in [-0.2, 0) is 16.6 Å². The van der Waals surface area contributed by atoms with Crippen LogP contribution in [0.1, 0.15) is 31.4 Å². The van der Waals surface area contributed by atoms with E-state index in [1.165, 1.54) is 11.1 Å². The standard InChI is InChI=1S/C24H28N4O2/c1-24(2)16-22(29)25-20-8-7-17(15-19(20)24)9-10-27-11-13-28(14-12-27)23-18-5-3-4-6-21(18)30-26-23/h3-8,15H,9-14,16H2,1-2H3,(H,25,29). The Labute approximate surface area is 176 Å². The van der Waals surface area contributed by atoms with Gasteiger partial charge >= 0.3 is 0 Å². The minimum absolute atomic E-state index is 0.109. The average Bonchev–Trinajstić information content (AvgIpc) is 3.16. The summed E-state index contributed by atoms with van der Waals surface area (Å²) in [7, 11) is 0. The van der Waals surface area contributed by atoms with Gasteiger partial charge in [0.1, 0.15) is 0 Å². The van der Waals surface area contributed by atoms with Crippen LogP contribution in [0, 0.1) is 0 Å². The van der Waals surface area contributed by atoms with Crippen molar-refractivity contribution in [2.45, 2.75) is 32.1 Å². The summed E-state index contributed by atoms with van der Waals surface area (Å²) in [6.45, 7) is 9.31. The van der Waals surface area contributed by atoms with E-state index in [-0.39, 0.29) is 11.3 Å². The van der Waals surface area contributed by atoms with Gasteiger partial charge in [0.25, 0.3) is 0 Å². The van der Waals surface area contributed by atoms with E-state index in [4.69, 9.17) is 4.52 Å². The number of carbonyl (C=O) groups is 1. The van der Waals surface area contributed by atoms with E-state index in [1.54, 1.807) is 0 Å². The van der Waals surface area contributed by atoms with Crippen LogP contribution in [0.4, 0.5) is 11.5 Å². The maximum atomic E-state index is 11.9. The molecule has 0 radical (unpaired) electrons. The van der Waals surface area contributed by atoms with Crippen LogP contribution in [0.3, 0.4) is 0 Å². The molecule has 0 spiro atoms. The Morgan fingerprint density at radius 2 is 1.90 bits per heavy atom. The predicted octanol–water partition coefficient (Wildman–Crippen LogP) is 3.81. The Hall–Kier alpha value is -2.86. The molecule has 2 aliphatic rings. The van der Waals surface area contributed by atoms with Crippen LogP contribution in [0.15, 0.2) is 47.0 Å². The van der Waals surface area contributed by atoms with Gasteiger partial charge in [0.15, 0.2) is 11.4 Å². The van der Waals surface area contributed by atoms with Gasteiger partial charge < -0.3 is 14.7 Å². The third kappa shape index (κ3) is 3.56. The molecule has 6 heteroatoms. The highest BCUT2D eigenvalue weighted by Crippen LogP contribution is 2.37. The van der Waals surface area contributed by atoms with Crippen LogP contribution in [0.2, 0.25) is 0 Å². The van der Waals surface area contributed by atoms with Gasteiger partial charge in [-0.25, -0.2) is 0 Å². The zero-order valence-corrected chi connectivity index (χ0v) is 17.6. The largest absolute Gasteiger partial charge is 0.354 e. The Kier molecular flexibility index (Phi) is 4.74. The van der Waals surface area contributed by atoms with Crippen molar-refractivity contribution in [2.75, 3.05) is 42.9 Å². The number of nitrogens with zero attached hydrogens (tertiary/aromatic N) is 3. The summed E-state index contributed by atoms with van der Waals surface area (Å²) < 4.78 is 5.47. The monoisotopic (exact) mass is 404 g/mol. The lowest BCUT2D eigenvalue weighted by molar-refractivity contribution is -0.117. The van der Waals surface area contributed by atoms with Crippen molar-refractivity contribution >= 4 is 28.4 Å². The smallest absolute Gasteiger partial charge is 0.225 e. The molecule has 1 aromatic heterocycles. The molecule has 0 saturated carbocycles. The zero-order valence-electron chi connectivity index (χ0n) is 17.6. The highest BCUT2D eigenvalue weighted by atomic mass is 16.5. The number of hydrogen-bond acceptors (Lipinski definition) is 5. The summed E-state index contributed by atoms with van der Waals surface area (Å²) >= 11 is 0.